The molecule has 1 aromatic heterocycles. The molecule has 0 radical (unpaired) electrons. The van der Waals surface area contributed by atoms with Crippen LogP contribution in [0.25, 0.3) is 32.8 Å². The fraction of sp³-hybridized carbons (Fsp3) is 0. The van der Waals surface area contributed by atoms with E-state index in [-0.39, 0.29) is 0 Å². The van der Waals surface area contributed by atoms with Crippen molar-refractivity contribution in [3.63, 3.8) is 0 Å². The Balaban J connectivity index is 2.19. The van der Waals surface area contributed by atoms with Crippen molar-refractivity contribution in [2.24, 2.45) is 0 Å². The van der Waals surface area contributed by atoms with Crippen LogP contribution in [-0.4, -0.2) is 0 Å². The molecule has 0 saturated heterocycles. The van der Waals surface area contributed by atoms with E-state index in [4.69, 9.17) is 11.6 Å². The van der Waals surface area contributed by atoms with E-state index in [1.165, 1.54) is 0 Å². The highest BCUT2D eigenvalue weighted by molar-refractivity contribution is 14.1. The zero-order valence-corrected chi connectivity index (χ0v) is 14.9. The summed E-state index contributed by atoms with van der Waals surface area (Å²) in [5.41, 5.74) is 1.63. The molecular formula is C19H11ClINO. The van der Waals surface area contributed by atoms with Crippen LogP contribution in [0, 0.1) is 8.78 Å². The summed E-state index contributed by atoms with van der Waals surface area (Å²) in [5.74, 6) is 0. The first-order valence-electron chi connectivity index (χ1n) is 7.14. The van der Waals surface area contributed by atoms with Crippen LogP contribution in [0.4, 0.5) is 0 Å². The lowest BCUT2D eigenvalue weighted by molar-refractivity contribution is -0.592. The van der Waals surface area contributed by atoms with Gasteiger partial charge in [-0.25, -0.2) is 0 Å². The van der Waals surface area contributed by atoms with Crippen molar-refractivity contribution in [2.45, 2.75) is 0 Å². The standard InChI is InChI=1S/C19H11ClINO/c20-14-6-7-16-13(11-14)9-10-22(23)19(16)18-15-4-2-1-3-12(15)5-8-17(18)21/h1-11H. The first kappa shape index (κ1) is 14.7. The fourth-order valence-electron chi connectivity index (χ4n) is 2.96. The zero-order chi connectivity index (χ0) is 16.0. The highest BCUT2D eigenvalue weighted by Crippen LogP contribution is 2.35. The van der Waals surface area contributed by atoms with Crippen LogP contribution in [0.5, 0.6) is 0 Å². The molecule has 0 spiro atoms. The largest absolute Gasteiger partial charge is 0.618 e. The van der Waals surface area contributed by atoms with Crippen molar-refractivity contribution < 1.29 is 4.73 Å². The summed E-state index contributed by atoms with van der Waals surface area (Å²) >= 11 is 8.39. The van der Waals surface area contributed by atoms with Gasteiger partial charge in [0.25, 0.3) is 0 Å². The van der Waals surface area contributed by atoms with Gasteiger partial charge in [-0.15, -0.1) is 0 Å². The number of hydrogen-bond donors (Lipinski definition) is 0. The summed E-state index contributed by atoms with van der Waals surface area (Å²) in [6, 6.07) is 19.7. The van der Waals surface area contributed by atoms with Crippen LogP contribution in [0.3, 0.4) is 0 Å². The Morgan fingerprint density at radius 3 is 2.57 bits per heavy atom. The first-order chi connectivity index (χ1) is 11.1. The van der Waals surface area contributed by atoms with Crippen LogP contribution in [-0.2, 0) is 0 Å². The van der Waals surface area contributed by atoms with Gasteiger partial charge in [0.05, 0.1) is 10.9 Å². The highest BCUT2D eigenvalue weighted by Gasteiger charge is 2.19. The highest BCUT2D eigenvalue weighted by atomic mass is 127. The monoisotopic (exact) mass is 431 g/mol. The quantitative estimate of drug-likeness (QED) is 0.220. The van der Waals surface area contributed by atoms with E-state index in [0.717, 1.165) is 35.4 Å². The molecular weight excluding hydrogens is 421 g/mol. The Kier molecular flexibility index (Phi) is 3.62. The molecule has 0 atom stereocenters. The second-order valence-corrected chi connectivity index (χ2v) is 6.96. The van der Waals surface area contributed by atoms with Crippen molar-refractivity contribution in [1.29, 1.82) is 0 Å². The van der Waals surface area contributed by atoms with Crippen LogP contribution in [0.15, 0.2) is 66.9 Å². The van der Waals surface area contributed by atoms with E-state index in [1.54, 1.807) is 12.3 Å². The minimum atomic E-state index is 0.666. The molecule has 112 valence electrons. The van der Waals surface area contributed by atoms with Crippen molar-refractivity contribution in [3.05, 3.63) is 80.7 Å². The summed E-state index contributed by atoms with van der Waals surface area (Å²) in [6.07, 6.45) is 1.55. The van der Waals surface area contributed by atoms with Gasteiger partial charge < -0.3 is 5.21 Å². The van der Waals surface area contributed by atoms with Gasteiger partial charge in [-0.2, -0.15) is 4.73 Å². The normalized spacial score (nSPS) is 11.2. The Hall–Kier alpha value is -1.85. The maximum atomic E-state index is 12.6. The molecule has 0 fully saturated rings. The number of benzene rings is 3. The van der Waals surface area contributed by atoms with Gasteiger partial charge in [-0.1, -0.05) is 41.9 Å². The van der Waals surface area contributed by atoms with Crippen LogP contribution in [0.2, 0.25) is 5.02 Å². The molecule has 0 aliphatic carbocycles. The molecule has 0 N–H and O–H groups in total. The Bertz CT molecular complexity index is 1060. The predicted molar refractivity (Wildman–Crippen MR) is 104 cm³/mol. The molecule has 4 heteroatoms. The van der Waals surface area contributed by atoms with Crippen molar-refractivity contribution in [3.8, 4) is 11.3 Å². The average molecular weight is 432 g/mol. The number of hydrogen-bond acceptors (Lipinski definition) is 1. The Labute approximate surface area is 152 Å². The predicted octanol–water partition coefficient (Wildman–Crippen LogP) is 5.55. The van der Waals surface area contributed by atoms with Crippen molar-refractivity contribution in [1.82, 2.24) is 0 Å². The second kappa shape index (κ2) is 5.65. The second-order valence-electron chi connectivity index (χ2n) is 5.37. The molecule has 2 nitrogen and oxygen atoms in total. The molecule has 23 heavy (non-hydrogen) atoms. The van der Waals surface area contributed by atoms with Gasteiger partial charge in [-0.05, 0) is 63.0 Å². The topological polar surface area (TPSA) is 26.9 Å². The van der Waals surface area contributed by atoms with E-state index in [9.17, 15) is 5.21 Å². The molecule has 4 aromatic rings. The minimum absolute atomic E-state index is 0.666. The number of fused-ring (bicyclic) bond motifs is 2. The Morgan fingerprint density at radius 1 is 0.870 bits per heavy atom. The summed E-state index contributed by atoms with van der Waals surface area (Å²) < 4.78 is 1.99. The van der Waals surface area contributed by atoms with Gasteiger partial charge in [0.15, 0.2) is 6.20 Å². The summed E-state index contributed by atoms with van der Waals surface area (Å²) in [5, 5.41) is 17.3. The van der Waals surface area contributed by atoms with Gasteiger partial charge >= 0.3 is 0 Å². The third-order valence-electron chi connectivity index (χ3n) is 3.99. The van der Waals surface area contributed by atoms with E-state index in [2.05, 4.69) is 40.8 Å². The number of aromatic nitrogens is 1. The maximum Gasteiger partial charge on any atom is 0.233 e. The molecule has 1 heterocycles. The van der Waals surface area contributed by atoms with Crippen LogP contribution >= 0.6 is 34.2 Å². The number of rotatable bonds is 1. The molecule has 3 aromatic carbocycles. The van der Waals surface area contributed by atoms with E-state index in [0.29, 0.717) is 10.7 Å². The third kappa shape index (κ3) is 2.44. The minimum Gasteiger partial charge on any atom is -0.618 e. The van der Waals surface area contributed by atoms with E-state index >= 15 is 0 Å². The molecule has 0 bridgehead atoms. The van der Waals surface area contributed by atoms with Gasteiger partial charge in [0.1, 0.15) is 0 Å². The SMILES string of the molecule is [O-][n+]1ccc2cc(Cl)ccc2c1-c1c(I)ccc2ccccc12. The molecule has 0 aliphatic rings. The number of halogens is 2. The van der Waals surface area contributed by atoms with Crippen molar-refractivity contribution >= 4 is 55.7 Å². The van der Waals surface area contributed by atoms with Crippen molar-refractivity contribution in [2.75, 3.05) is 0 Å². The molecule has 0 saturated carbocycles. The van der Waals surface area contributed by atoms with Gasteiger partial charge in [0.2, 0.25) is 5.69 Å². The molecule has 4 rings (SSSR count). The van der Waals surface area contributed by atoms with Crippen LogP contribution in [0.1, 0.15) is 0 Å². The number of pyridine rings is 1. The van der Waals surface area contributed by atoms with Gasteiger partial charge in [0, 0.05) is 14.7 Å². The smallest absolute Gasteiger partial charge is 0.233 e. The van der Waals surface area contributed by atoms with E-state index < -0.39 is 0 Å². The molecule has 0 aliphatic heterocycles. The lowest BCUT2D eigenvalue weighted by Gasteiger charge is -2.12. The molecule has 0 unspecified atom stereocenters. The summed E-state index contributed by atoms with van der Waals surface area (Å²) in [6.45, 7) is 0. The average Bonchev–Trinajstić information content (AvgIpc) is 2.56. The fourth-order valence-corrected chi connectivity index (χ4v) is 3.87. The molecule has 0 amide bonds. The summed E-state index contributed by atoms with van der Waals surface area (Å²) in [4.78, 5) is 0. The number of nitrogens with zero attached hydrogens (tertiary/aromatic N) is 1. The maximum absolute atomic E-state index is 12.6. The lowest BCUT2D eigenvalue weighted by atomic mass is 9.98. The Morgan fingerprint density at radius 2 is 1.70 bits per heavy atom. The summed E-state index contributed by atoms with van der Waals surface area (Å²) in [7, 11) is 0. The lowest BCUT2D eigenvalue weighted by Crippen LogP contribution is -2.29. The van der Waals surface area contributed by atoms with Gasteiger partial charge in [-0.3, -0.25) is 0 Å². The zero-order valence-electron chi connectivity index (χ0n) is 12.0. The first-order valence-corrected chi connectivity index (χ1v) is 8.60. The third-order valence-corrected chi connectivity index (χ3v) is 5.13. The van der Waals surface area contributed by atoms with Crippen LogP contribution < -0.4 is 4.73 Å². The van der Waals surface area contributed by atoms with E-state index in [1.807, 2.05) is 36.4 Å².